The summed E-state index contributed by atoms with van der Waals surface area (Å²) in [7, 11) is 0. The zero-order valence-corrected chi connectivity index (χ0v) is 10.9. The molecular formula is C17H19N. The average molecular weight is 237 g/mol. The second-order valence-corrected chi connectivity index (χ2v) is 5.33. The first-order valence-electron chi connectivity index (χ1n) is 6.82. The molecule has 0 spiro atoms. The molecule has 0 unspecified atom stereocenters. The maximum absolute atomic E-state index is 4.37. The number of aromatic nitrogens is 1. The molecule has 1 aromatic carbocycles. The second kappa shape index (κ2) is 4.56. The van der Waals surface area contributed by atoms with Crippen LogP contribution in [0.2, 0.25) is 0 Å². The molecule has 3 rings (SSSR count). The number of rotatable bonds is 4. The van der Waals surface area contributed by atoms with Gasteiger partial charge >= 0.3 is 0 Å². The lowest BCUT2D eigenvalue weighted by atomic mass is 9.92. The van der Waals surface area contributed by atoms with Crippen molar-refractivity contribution in [3.05, 3.63) is 65.5 Å². The van der Waals surface area contributed by atoms with Gasteiger partial charge in [0.1, 0.15) is 0 Å². The zero-order valence-electron chi connectivity index (χ0n) is 10.9. The molecule has 18 heavy (non-hydrogen) atoms. The summed E-state index contributed by atoms with van der Waals surface area (Å²) >= 11 is 0. The minimum Gasteiger partial charge on any atom is -0.261 e. The molecule has 1 heteroatoms. The van der Waals surface area contributed by atoms with Crippen LogP contribution in [0.1, 0.15) is 43.0 Å². The summed E-state index contributed by atoms with van der Waals surface area (Å²) in [5, 5.41) is 0. The van der Waals surface area contributed by atoms with E-state index in [1.54, 1.807) is 0 Å². The van der Waals surface area contributed by atoms with Crippen LogP contribution in [0, 0.1) is 0 Å². The van der Waals surface area contributed by atoms with Crippen LogP contribution in [0.25, 0.3) is 0 Å². The number of hydrogen-bond acceptors (Lipinski definition) is 1. The Morgan fingerprint density at radius 1 is 1.06 bits per heavy atom. The highest BCUT2D eigenvalue weighted by Crippen LogP contribution is 2.50. The Balaban J connectivity index is 1.76. The van der Waals surface area contributed by atoms with Crippen molar-refractivity contribution in [3.63, 3.8) is 0 Å². The number of benzene rings is 1. The van der Waals surface area contributed by atoms with E-state index in [4.69, 9.17) is 0 Å². The van der Waals surface area contributed by atoms with E-state index in [0.29, 0.717) is 5.41 Å². The van der Waals surface area contributed by atoms with Crippen molar-refractivity contribution >= 4 is 0 Å². The van der Waals surface area contributed by atoms with E-state index in [1.807, 2.05) is 18.3 Å². The van der Waals surface area contributed by atoms with E-state index in [1.165, 1.54) is 30.4 Å². The smallest absolute Gasteiger partial charge is 0.0447 e. The largest absolute Gasteiger partial charge is 0.261 e. The van der Waals surface area contributed by atoms with Crippen molar-refractivity contribution < 1.29 is 0 Å². The molecule has 1 aliphatic carbocycles. The fraction of sp³-hybridized carbons (Fsp3) is 0.353. The van der Waals surface area contributed by atoms with Crippen molar-refractivity contribution in [2.45, 2.75) is 38.0 Å². The molecule has 1 nitrogen and oxygen atoms in total. The van der Waals surface area contributed by atoms with E-state index in [9.17, 15) is 0 Å². The van der Waals surface area contributed by atoms with E-state index in [2.05, 4.69) is 42.2 Å². The van der Waals surface area contributed by atoms with Gasteiger partial charge in [0.05, 0.1) is 0 Å². The van der Waals surface area contributed by atoms with Gasteiger partial charge in [-0.2, -0.15) is 0 Å². The van der Waals surface area contributed by atoms with Gasteiger partial charge in [-0.05, 0) is 47.9 Å². The molecule has 0 aliphatic heterocycles. The van der Waals surface area contributed by atoms with E-state index < -0.39 is 0 Å². The third kappa shape index (κ3) is 2.17. The summed E-state index contributed by atoms with van der Waals surface area (Å²) in [6.45, 7) is 2.30. The molecule has 0 radical (unpaired) electrons. The molecule has 0 amide bonds. The average Bonchev–Trinajstić information content (AvgIpc) is 3.22. The lowest BCUT2D eigenvalue weighted by Crippen LogP contribution is -2.04. The van der Waals surface area contributed by atoms with Crippen molar-refractivity contribution in [1.29, 1.82) is 0 Å². The molecule has 0 saturated heterocycles. The summed E-state index contributed by atoms with van der Waals surface area (Å²) in [6.07, 6.45) is 6.79. The Morgan fingerprint density at radius 2 is 1.83 bits per heavy atom. The summed E-state index contributed by atoms with van der Waals surface area (Å²) in [4.78, 5) is 4.37. The van der Waals surface area contributed by atoms with Gasteiger partial charge in [0.15, 0.2) is 0 Å². The molecule has 1 saturated carbocycles. The SMILES string of the molecule is CCC1(c2ccc(Cc3ccccn3)cc2)CC1. The van der Waals surface area contributed by atoms with Crippen LogP contribution >= 0.6 is 0 Å². The van der Waals surface area contributed by atoms with E-state index >= 15 is 0 Å². The molecule has 0 bridgehead atoms. The van der Waals surface area contributed by atoms with Crippen molar-refractivity contribution in [2.24, 2.45) is 0 Å². The van der Waals surface area contributed by atoms with Gasteiger partial charge in [-0.3, -0.25) is 4.98 Å². The fourth-order valence-electron chi connectivity index (χ4n) is 2.69. The van der Waals surface area contributed by atoms with Crippen LogP contribution in [-0.2, 0) is 11.8 Å². The first-order valence-corrected chi connectivity index (χ1v) is 6.82. The van der Waals surface area contributed by atoms with Crippen molar-refractivity contribution in [1.82, 2.24) is 4.98 Å². The highest BCUT2D eigenvalue weighted by Gasteiger charge is 2.41. The van der Waals surface area contributed by atoms with Crippen LogP contribution in [0.3, 0.4) is 0 Å². The Hall–Kier alpha value is -1.63. The Labute approximate surface area is 109 Å². The predicted octanol–water partition coefficient (Wildman–Crippen LogP) is 4.11. The summed E-state index contributed by atoms with van der Waals surface area (Å²) < 4.78 is 0. The topological polar surface area (TPSA) is 12.9 Å². The highest BCUT2D eigenvalue weighted by atomic mass is 14.7. The minimum atomic E-state index is 0.517. The van der Waals surface area contributed by atoms with Gasteiger partial charge in [-0.25, -0.2) is 0 Å². The van der Waals surface area contributed by atoms with Gasteiger partial charge in [0, 0.05) is 18.3 Å². The maximum atomic E-state index is 4.37. The van der Waals surface area contributed by atoms with E-state index in [0.717, 1.165) is 12.1 Å². The zero-order chi connectivity index (χ0) is 12.4. The van der Waals surface area contributed by atoms with Gasteiger partial charge in [0.2, 0.25) is 0 Å². The van der Waals surface area contributed by atoms with Crippen LogP contribution in [0.5, 0.6) is 0 Å². The van der Waals surface area contributed by atoms with Gasteiger partial charge in [0.25, 0.3) is 0 Å². The van der Waals surface area contributed by atoms with Crippen molar-refractivity contribution in [2.75, 3.05) is 0 Å². The molecule has 1 fully saturated rings. The lowest BCUT2D eigenvalue weighted by molar-refractivity contribution is 0.664. The first-order chi connectivity index (χ1) is 8.82. The third-order valence-corrected chi connectivity index (χ3v) is 4.21. The van der Waals surface area contributed by atoms with Crippen LogP contribution in [0.15, 0.2) is 48.7 Å². The number of hydrogen-bond donors (Lipinski definition) is 0. The third-order valence-electron chi connectivity index (χ3n) is 4.21. The van der Waals surface area contributed by atoms with Gasteiger partial charge < -0.3 is 0 Å². The Kier molecular flexibility index (Phi) is 2.91. The van der Waals surface area contributed by atoms with Crippen molar-refractivity contribution in [3.8, 4) is 0 Å². The lowest BCUT2D eigenvalue weighted by Gasteiger charge is -2.13. The van der Waals surface area contributed by atoms with Crippen LogP contribution in [0.4, 0.5) is 0 Å². The summed E-state index contributed by atoms with van der Waals surface area (Å²) in [6, 6.07) is 15.3. The molecule has 0 atom stereocenters. The van der Waals surface area contributed by atoms with E-state index in [-0.39, 0.29) is 0 Å². The fourth-order valence-corrected chi connectivity index (χ4v) is 2.69. The number of pyridine rings is 1. The molecular weight excluding hydrogens is 218 g/mol. The summed E-state index contributed by atoms with van der Waals surface area (Å²) in [5.74, 6) is 0. The maximum Gasteiger partial charge on any atom is 0.0447 e. The molecule has 0 N–H and O–H groups in total. The molecule has 1 aliphatic rings. The van der Waals surface area contributed by atoms with Gasteiger partial charge in [-0.15, -0.1) is 0 Å². The van der Waals surface area contributed by atoms with Crippen LogP contribution in [-0.4, -0.2) is 4.98 Å². The first kappa shape index (κ1) is 11.5. The molecule has 2 aromatic rings. The Morgan fingerprint density at radius 3 is 2.39 bits per heavy atom. The second-order valence-electron chi connectivity index (χ2n) is 5.33. The quantitative estimate of drug-likeness (QED) is 0.779. The molecule has 92 valence electrons. The van der Waals surface area contributed by atoms with Crippen LogP contribution < -0.4 is 0 Å². The standard InChI is InChI=1S/C17H19N/c1-2-17(10-11-17)15-8-6-14(7-9-15)13-16-5-3-4-12-18-16/h3-9,12H,2,10-11,13H2,1H3. The number of nitrogens with zero attached hydrogens (tertiary/aromatic N) is 1. The summed E-state index contributed by atoms with van der Waals surface area (Å²) in [5.41, 5.74) is 4.53. The minimum absolute atomic E-state index is 0.517. The molecule has 1 heterocycles. The highest BCUT2D eigenvalue weighted by molar-refractivity contribution is 5.34. The van der Waals surface area contributed by atoms with Gasteiger partial charge in [-0.1, -0.05) is 37.3 Å². The monoisotopic (exact) mass is 237 g/mol. The molecule has 1 aromatic heterocycles. The predicted molar refractivity (Wildman–Crippen MR) is 74.7 cm³/mol. The normalized spacial score (nSPS) is 16.5. The Bertz CT molecular complexity index is 509.